The predicted molar refractivity (Wildman–Crippen MR) is 49.2 cm³/mol. The zero-order chi connectivity index (χ0) is 10.4. The van der Waals surface area contributed by atoms with Crippen LogP contribution in [0.15, 0.2) is 11.3 Å². The number of hydrogen-bond acceptors (Lipinski definition) is 2. The van der Waals surface area contributed by atoms with Gasteiger partial charge in [0, 0.05) is 0 Å². The van der Waals surface area contributed by atoms with E-state index in [0.717, 1.165) is 0 Å². The first-order valence-corrected chi connectivity index (χ1v) is 4.96. The molecule has 3 N–H and O–H groups in total. The maximum absolute atomic E-state index is 10.6. The number of carbonyl (C=O) groups is 1. The first kappa shape index (κ1) is 12.1. The summed E-state index contributed by atoms with van der Waals surface area (Å²) < 4.78 is 20.8. The van der Waals surface area contributed by atoms with Crippen molar-refractivity contribution in [3.05, 3.63) is 11.3 Å². The van der Waals surface area contributed by atoms with Crippen molar-refractivity contribution in [1.29, 1.82) is 0 Å². The fourth-order valence-electron chi connectivity index (χ4n) is 0.958. The predicted octanol–water partition coefficient (Wildman–Crippen LogP) is 0.871. The van der Waals surface area contributed by atoms with E-state index in [1.807, 2.05) is 4.72 Å². The smallest absolute Gasteiger partial charge is 0.352 e. The fourth-order valence-corrected chi connectivity index (χ4v) is 1.36. The summed E-state index contributed by atoms with van der Waals surface area (Å²) in [6.45, 7) is 3.59. The normalized spacial score (nSPS) is 11.9. The minimum atomic E-state index is -2.33. The van der Waals surface area contributed by atoms with Crippen LogP contribution in [0, 0.1) is 0 Å². The molecule has 0 aliphatic rings. The largest absolute Gasteiger partial charge is 0.477 e. The van der Waals surface area contributed by atoms with Crippen molar-refractivity contribution in [2.45, 2.75) is 26.7 Å². The van der Waals surface area contributed by atoms with Gasteiger partial charge in [0.1, 0.15) is 5.70 Å². The summed E-state index contributed by atoms with van der Waals surface area (Å²) in [5.41, 5.74) is 0.445. The lowest BCUT2D eigenvalue weighted by molar-refractivity contribution is -0.133. The molecule has 0 aromatic heterocycles. The van der Waals surface area contributed by atoms with Crippen molar-refractivity contribution in [2.75, 3.05) is 0 Å². The van der Waals surface area contributed by atoms with Gasteiger partial charge >= 0.3 is 5.97 Å². The molecule has 0 fully saturated rings. The summed E-state index contributed by atoms with van der Waals surface area (Å²) in [6, 6.07) is 0. The lowest BCUT2D eigenvalue weighted by Crippen LogP contribution is -2.23. The Labute approximate surface area is 79.3 Å². The quantitative estimate of drug-likeness (QED) is 0.461. The van der Waals surface area contributed by atoms with Crippen molar-refractivity contribution in [1.82, 2.24) is 4.72 Å². The second-order valence-electron chi connectivity index (χ2n) is 2.34. The van der Waals surface area contributed by atoms with Crippen molar-refractivity contribution in [3.8, 4) is 0 Å². The van der Waals surface area contributed by atoms with Crippen LogP contribution >= 0.6 is 0 Å². The second-order valence-corrected chi connectivity index (χ2v) is 3.04. The molecule has 0 aliphatic heterocycles. The Kier molecular flexibility index (Phi) is 5.33. The minimum Gasteiger partial charge on any atom is -0.477 e. The van der Waals surface area contributed by atoms with Gasteiger partial charge in [0.25, 0.3) is 11.3 Å². The summed E-state index contributed by atoms with van der Waals surface area (Å²) in [5, 5.41) is 8.69. The summed E-state index contributed by atoms with van der Waals surface area (Å²) >= 11 is -2.33. The average molecular weight is 207 g/mol. The highest BCUT2D eigenvalue weighted by atomic mass is 32.2. The van der Waals surface area contributed by atoms with Gasteiger partial charge in [-0.15, -0.1) is 0 Å². The number of aliphatic carboxylic acids is 1. The number of nitrogens with one attached hydrogen (secondary N) is 1. The highest BCUT2D eigenvalue weighted by Crippen LogP contribution is 2.10. The molecule has 0 saturated heterocycles. The molecule has 0 amide bonds. The number of rotatable bonds is 5. The van der Waals surface area contributed by atoms with E-state index in [1.165, 1.54) is 0 Å². The van der Waals surface area contributed by atoms with E-state index in [-0.39, 0.29) is 5.70 Å². The highest BCUT2D eigenvalue weighted by Gasteiger charge is 2.13. The summed E-state index contributed by atoms with van der Waals surface area (Å²) in [7, 11) is 0. The molecule has 13 heavy (non-hydrogen) atoms. The van der Waals surface area contributed by atoms with Crippen molar-refractivity contribution < 1.29 is 18.7 Å². The van der Waals surface area contributed by atoms with E-state index < -0.39 is 17.2 Å². The zero-order valence-electron chi connectivity index (χ0n) is 7.53. The number of allylic oxidation sites excluding steroid dienone is 1. The van der Waals surface area contributed by atoms with Gasteiger partial charge in [-0.05, 0) is 18.4 Å². The van der Waals surface area contributed by atoms with Crippen LogP contribution in [0.1, 0.15) is 26.7 Å². The molecular formula is C7H13NO4S. The molecule has 0 radical (unpaired) electrons. The number of hydrogen-bond donors (Lipinski definition) is 3. The second kappa shape index (κ2) is 5.71. The lowest BCUT2D eigenvalue weighted by atomic mass is 10.1. The van der Waals surface area contributed by atoms with Gasteiger partial charge in [0.2, 0.25) is 0 Å². The lowest BCUT2D eigenvalue weighted by Gasteiger charge is -2.07. The van der Waals surface area contributed by atoms with Crippen LogP contribution in [0.2, 0.25) is 0 Å². The average Bonchev–Trinajstić information content (AvgIpc) is 2.04. The van der Waals surface area contributed by atoms with Crippen LogP contribution in [-0.2, 0) is 16.1 Å². The molecule has 0 spiro atoms. The van der Waals surface area contributed by atoms with Gasteiger partial charge < -0.3 is 5.11 Å². The topological polar surface area (TPSA) is 86.6 Å². The third kappa shape index (κ3) is 4.05. The van der Waals surface area contributed by atoms with Crippen molar-refractivity contribution in [3.63, 3.8) is 0 Å². The summed E-state index contributed by atoms with van der Waals surface area (Å²) in [6.07, 6.45) is 1.09. The van der Waals surface area contributed by atoms with Gasteiger partial charge in [0.15, 0.2) is 0 Å². The van der Waals surface area contributed by atoms with Crippen LogP contribution in [0.25, 0.3) is 0 Å². The Morgan fingerprint density at radius 3 is 2.08 bits per heavy atom. The molecule has 0 saturated carbocycles. The first-order valence-electron chi connectivity index (χ1n) is 3.85. The molecule has 0 rings (SSSR count). The van der Waals surface area contributed by atoms with Crippen LogP contribution in [-0.4, -0.2) is 19.8 Å². The molecular weight excluding hydrogens is 194 g/mol. The maximum atomic E-state index is 10.6. The molecule has 1 unspecified atom stereocenters. The van der Waals surface area contributed by atoms with E-state index in [4.69, 9.17) is 9.66 Å². The molecule has 5 nitrogen and oxygen atoms in total. The Morgan fingerprint density at radius 2 is 1.85 bits per heavy atom. The summed E-state index contributed by atoms with van der Waals surface area (Å²) in [5.74, 6) is -1.21. The van der Waals surface area contributed by atoms with E-state index in [9.17, 15) is 9.00 Å². The first-order chi connectivity index (χ1) is 6.02. The van der Waals surface area contributed by atoms with E-state index >= 15 is 0 Å². The van der Waals surface area contributed by atoms with Gasteiger partial charge in [-0.3, -0.25) is 9.27 Å². The zero-order valence-corrected chi connectivity index (χ0v) is 8.35. The number of carboxylic acid groups (broad SMARTS) is 1. The molecule has 0 aromatic rings. The molecule has 6 heteroatoms. The van der Waals surface area contributed by atoms with E-state index in [2.05, 4.69) is 0 Å². The minimum absolute atomic E-state index is 0.175. The Hall–Kier alpha value is -0.880. The Morgan fingerprint density at radius 1 is 1.38 bits per heavy atom. The van der Waals surface area contributed by atoms with Crippen LogP contribution < -0.4 is 4.72 Å². The van der Waals surface area contributed by atoms with Gasteiger partial charge in [0.05, 0.1) is 0 Å². The van der Waals surface area contributed by atoms with Gasteiger partial charge in [-0.25, -0.2) is 9.00 Å². The third-order valence-electron chi connectivity index (χ3n) is 1.61. The monoisotopic (exact) mass is 207 g/mol. The SMILES string of the molecule is CCC(CC)=C(NS(=O)O)C(=O)O. The van der Waals surface area contributed by atoms with E-state index in [1.54, 1.807) is 13.8 Å². The Bertz CT molecular complexity index is 243. The van der Waals surface area contributed by atoms with Crippen LogP contribution in [0.5, 0.6) is 0 Å². The van der Waals surface area contributed by atoms with Crippen molar-refractivity contribution in [2.24, 2.45) is 0 Å². The fraction of sp³-hybridized carbons (Fsp3) is 0.571. The third-order valence-corrected chi connectivity index (χ3v) is 1.99. The number of carboxylic acids is 1. The maximum Gasteiger partial charge on any atom is 0.352 e. The molecule has 0 bridgehead atoms. The van der Waals surface area contributed by atoms with Gasteiger partial charge in [-0.1, -0.05) is 13.8 Å². The van der Waals surface area contributed by atoms with Crippen LogP contribution in [0.3, 0.4) is 0 Å². The Balaban J connectivity index is 4.85. The molecule has 0 aromatic carbocycles. The molecule has 76 valence electrons. The molecule has 0 heterocycles. The van der Waals surface area contributed by atoms with Gasteiger partial charge in [-0.2, -0.15) is 0 Å². The van der Waals surface area contributed by atoms with Crippen molar-refractivity contribution >= 4 is 17.2 Å². The highest BCUT2D eigenvalue weighted by molar-refractivity contribution is 7.77. The summed E-state index contributed by atoms with van der Waals surface area (Å²) in [4.78, 5) is 10.6. The molecule has 1 atom stereocenters. The standard InChI is InChI=1S/C7H13NO4S/c1-3-5(4-2)6(7(9)10)8-13(11)12/h8H,3-4H2,1-2H3,(H,9,10)(H,11,12). The van der Waals surface area contributed by atoms with Crippen LogP contribution in [0.4, 0.5) is 0 Å². The molecule has 0 aliphatic carbocycles. The van der Waals surface area contributed by atoms with E-state index in [0.29, 0.717) is 18.4 Å².